The molecule has 2 aromatic rings. The van der Waals surface area contributed by atoms with Crippen molar-refractivity contribution < 1.29 is 15.0 Å². The highest BCUT2D eigenvalue weighted by Crippen LogP contribution is 2.35. The zero-order valence-electron chi connectivity index (χ0n) is 12.5. The largest absolute Gasteiger partial charge is 0.399 e. The van der Waals surface area contributed by atoms with E-state index in [4.69, 9.17) is 5.73 Å². The molecule has 0 aliphatic heterocycles. The van der Waals surface area contributed by atoms with Crippen molar-refractivity contribution in [1.29, 1.82) is 0 Å². The van der Waals surface area contributed by atoms with Gasteiger partial charge in [0.2, 0.25) is 0 Å². The average molecular weight is 320 g/mol. The van der Waals surface area contributed by atoms with Gasteiger partial charge < -0.3 is 20.8 Å². The first-order valence-corrected chi connectivity index (χ1v) is 7.90. The van der Waals surface area contributed by atoms with E-state index < -0.39 is 0 Å². The first kappa shape index (κ1) is 16.5. The zero-order valence-corrected chi connectivity index (χ0v) is 13.3. The molecule has 118 valence electrons. The van der Waals surface area contributed by atoms with Gasteiger partial charge in [-0.25, -0.2) is 0 Å². The number of carbonyl (C=O) groups excluding carboxylic acids is 1. The molecule has 0 saturated carbocycles. The molecule has 5 nitrogen and oxygen atoms in total. The Balaban J connectivity index is 2.48. The van der Waals surface area contributed by atoms with E-state index in [2.05, 4.69) is 0 Å². The Kier molecular flexibility index (Phi) is 5.54. The highest BCUT2D eigenvalue weighted by molar-refractivity contribution is 7.12. The summed E-state index contributed by atoms with van der Waals surface area (Å²) in [6.45, 7) is 2.36. The second-order valence-electron chi connectivity index (χ2n) is 4.97. The van der Waals surface area contributed by atoms with E-state index in [9.17, 15) is 15.0 Å². The van der Waals surface area contributed by atoms with Gasteiger partial charge in [0.15, 0.2) is 5.78 Å². The van der Waals surface area contributed by atoms with Gasteiger partial charge in [0, 0.05) is 30.0 Å². The molecule has 0 aliphatic rings. The monoisotopic (exact) mass is 320 g/mol. The molecule has 0 unspecified atom stereocenters. The van der Waals surface area contributed by atoms with Crippen LogP contribution in [0.25, 0.3) is 11.1 Å². The lowest BCUT2D eigenvalue weighted by molar-refractivity contribution is 0.102. The third-order valence-corrected chi connectivity index (χ3v) is 4.39. The first-order valence-electron chi connectivity index (χ1n) is 7.03. The topological polar surface area (TPSA) is 86.8 Å². The third-order valence-electron chi connectivity index (χ3n) is 3.36. The number of Topliss-reactive ketones (excluding diaryl/α,β-unsaturated/α-hetero) is 1. The minimum Gasteiger partial charge on any atom is -0.399 e. The number of thiophene rings is 1. The molecule has 2 rings (SSSR count). The maximum atomic E-state index is 11.5. The number of benzene rings is 1. The highest BCUT2D eigenvalue weighted by atomic mass is 32.1. The van der Waals surface area contributed by atoms with Crippen LogP contribution in [0.3, 0.4) is 0 Å². The number of carbonyl (C=O) groups is 1. The van der Waals surface area contributed by atoms with Crippen molar-refractivity contribution in [2.75, 3.05) is 36.9 Å². The Hall–Kier alpha value is -1.89. The van der Waals surface area contributed by atoms with Gasteiger partial charge in [0.05, 0.1) is 18.1 Å². The quantitative estimate of drug-likeness (QED) is 0.536. The van der Waals surface area contributed by atoms with E-state index in [0.717, 1.165) is 16.8 Å². The summed E-state index contributed by atoms with van der Waals surface area (Å²) in [4.78, 5) is 14.1. The van der Waals surface area contributed by atoms with Gasteiger partial charge in [-0.05, 0) is 42.1 Å². The van der Waals surface area contributed by atoms with E-state index in [0.29, 0.717) is 23.7 Å². The van der Waals surface area contributed by atoms with Gasteiger partial charge in [-0.2, -0.15) is 0 Å². The van der Waals surface area contributed by atoms with Crippen molar-refractivity contribution in [1.82, 2.24) is 0 Å². The standard InChI is InChI=1S/C16H20N2O3S/c1-11(21)16-8-12(10-22-16)14-9-13(17)2-3-15(14)18(4-6-19)5-7-20/h2-3,8-10,19-20H,4-7,17H2,1H3. The van der Waals surface area contributed by atoms with Crippen LogP contribution in [0.1, 0.15) is 16.6 Å². The molecule has 4 N–H and O–H groups in total. The number of nitrogens with zero attached hydrogens (tertiary/aromatic N) is 1. The molecule has 0 bridgehead atoms. The maximum Gasteiger partial charge on any atom is 0.169 e. The van der Waals surface area contributed by atoms with Crippen LogP contribution < -0.4 is 10.6 Å². The van der Waals surface area contributed by atoms with Crippen LogP contribution in [-0.2, 0) is 0 Å². The summed E-state index contributed by atoms with van der Waals surface area (Å²) in [7, 11) is 0. The Morgan fingerprint density at radius 1 is 1.23 bits per heavy atom. The van der Waals surface area contributed by atoms with Gasteiger partial charge in [-0.3, -0.25) is 4.79 Å². The molecule has 1 aromatic heterocycles. The Labute approximate surface area is 133 Å². The number of hydrogen-bond acceptors (Lipinski definition) is 6. The zero-order chi connectivity index (χ0) is 16.1. The van der Waals surface area contributed by atoms with Crippen molar-refractivity contribution in [3.63, 3.8) is 0 Å². The summed E-state index contributed by atoms with van der Waals surface area (Å²) in [6.07, 6.45) is 0. The number of aliphatic hydroxyl groups excluding tert-OH is 2. The smallest absolute Gasteiger partial charge is 0.169 e. The van der Waals surface area contributed by atoms with Gasteiger partial charge in [-0.15, -0.1) is 11.3 Å². The minimum absolute atomic E-state index is 0.00779. The van der Waals surface area contributed by atoms with E-state index in [1.165, 1.54) is 11.3 Å². The maximum absolute atomic E-state index is 11.5. The lowest BCUT2D eigenvalue weighted by Crippen LogP contribution is -2.30. The van der Waals surface area contributed by atoms with E-state index in [1.54, 1.807) is 13.0 Å². The Bertz CT molecular complexity index is 649. The lowest BCUT2D eigenvalue weighted by Gasteiger charge is -2.25. The fourth-order valence-electron chi connectivity index (χ4n) is 2.32. The molecule has 0 amide bonds. The molecule has 0 fully saturated rings. The van der Waals surface area contributed by atoms with Crippen LogP contribution in [0.2, 0.25) is 0 Å². The van der Waals surface area contributed by atoms with Crippen molar-refractivity contribution >= 4 is 28.5 Å². The van der Waals surface area contributed by atoms with Crippen LogP contribution >= 0.6 is 11.3 Å². The molecule has 0 atom stereocenters. The highest BCUT2D eigenvalue weighted by Gasteiger charge is 2.15. The van der Waals surface area contributed by atoms with Crippen molar-refractivity contribution in [3.8, 4) is 11.1 Å². The van der Waals surface area contributed by atoms with Gasteiger partial charge in [0.25, 0.3) is 0 Å². The first-order chi connectivity index (χ1) is 10.6. The van der Waals surface area contributed by atoms with Crippen LogP contribution in [0.5, 0.6) is 0 Å². The lowest BCUT2D eigenvalue weighted by atomic mass is 10.0. The number of ketones is 1. The molecular weight excluding hydrogens is 300 g/mol. The molecule has 1 heterocycles. The summed E-state index contributed by atoms with van der Waals surface area (Å²) in [5.74, 6) is 0.0317. The molecular formula is C16H20N2O3S. The minimum atomic E-state index is -0.00779. The average Bonchev–Trinajstić information content (AvgIpc) is 2.97. The van der Waals surface area contributed by atoms with E-state index in [-0.39, 0.29) is 19.0 Å². The summed E-state index contributed by atoms with van der Waals surface area (Å²) in [5, 5.41) is 20.4. The predicted octanol–water partition coefficient (Wildman–Crippen LogP) is 1.99. The molecule has 0 spiro atoms. The number of aliphatic hydroxyl groups is 2. The van der Waals surface area contributed by atoms with E-state index >= 15 is 0 Å². The fraction of sp³-hybridized carbons (Fsp3) is 0.312. The summed E-state index contributed by atoms with van der Waals surface area (Å²) < 4.78 is 0. The fourth-order valence-corrected chi connectivity index (χ4v) is 3.13. The third kappa shape index (κ3) is 3.65. The van der Waals surface area contributed by atoms with Gasteiger partial charge >= 0.3 is 0 Å². The van der Waals surface area contributed by atoms with E-state index in [1.807, 2.05) is 28.5 Å². The molecule has 0 aliphatic carbocycles. The number of rotatable bonds is 7. The molecule has 6 heteroatoms. The van der Waals surface area contributed by atoms with Gasteiger partial charge in [-0.1, -0.05) is 0 Å². The van der Waals surface area contributed by atoms with Crippen LogP contribution in [0, 0.1) is 0 Å². The molecule has 1 aromatic carbocycles. The molecule has 22 heavy (non-hydrogen) atoms. The van der Waals surface area contributed by atoms with Crippen LogP contribution in [0.4, 0.5) is 11.4 Å². The van der Waals surface area contributed by atoms with Crippen molar-refractivity contribution in [2.24, 2.45) is 0 Å². The summed E-state index contributed by atoms with van der Waals surface area (Å²) >= 11 is 1.40. The number of nitrogen functional groups attached to an aromatic ring is 1. The number of nitrogens with two attached hydrogens (primary N) is 1. The summed E-state index contributed by atoms with van der Waals surface area (Å²) in [6, 6.07) is 7.37. The second kappa shape index (κ2) is 7.40. The Morgan fingerprint density at radius 3 is 2.45 bits per heavy atom. The predicted molar refractivity (Wildman–Crippen MR) is 90.6 cm³/mol. The second-order valence-corrected chi connectivity index (χ2v) is 5.88. The SMILES string of the molecule is CC(=O)c1cc(-c2cc(N)ccc2N(CCO)CCO)cs1. The Morgan fingerprint density at radius 2 is 1.91 bits per heavy atom. The number of anilines is 2. The molecule has 0 radical (unpaired) electrons. The van der Waals surface area contributed by atoms with Crippen molar-refractivity contribution in [2.45, 2.75) is 6.92 Å². The van der Waals surface area contributed by atoms with Gasteiger partial charge in [0.1, 0.15) is 0 Å². The van der Waals surface area contributed by atoms with Crippen molar-refractivity contribution in [3.05, 3.63) is 34.5 Å². The summed E-state index contributed by atoms with van der Waals surface area (Å²) in [5.41, 5.74) is 9.21. The van der Waals surface area contributed by atoms with Crippen LogP contribution in [-0.4, -0.2) is 42.3 Å². The van der Waals surface area contributed by atoms with Crippen LogP contribution in [0.15, 0.2) is 29.6 Å². The molecule has 0 saturated heterocycles. The normalized spacial score (nSPS) is 10.7. The number of hydrogen-bond donors (Lipinski definition) is 3.